The van der Waals surface area contributed by atoms with Gasteiger partial charge in [0.2, 0.25) is 0 Å². The number of piperidine rings is 2. The number of likely N-dealkylation sites (tertiary alicyclic amines) is 2. The fourth-order valence-corrected chi connectivity index (χ4v) is 3.42. The minimum Gasteiger partial charge on any atom is -0.481 e. The number of carbonyl (C=O) groups is 2. The highest BCUT2D eigenvalue weighted by atomic mass is 16.4. The van der Waals surface area contributed by atoms with E-state index in [1.807, 2.05) is 6.92 Å². The van der Waals surface area contributed by atoms with Crippen molar-refractivity contribution < 1.29 is 19.8 Å². The molecule has 2 rings (SSSR count). The Labute approximate surface area is 125 Å². The largest absolute Gasteiger partial charge is 0.481 e. The molecule has 1 unspecified atom stereocenters. The number of carboxylic acid groups (broad SMARTS) is 1. The lowest BCUT2D eigenvalue weighted by Crippen LogP contribution is -2.54. The summed E-state index contributed by atoms with van der Waals surface area (Å²) in [6.07, 6.45) is 3.61. The Bertz CT molecular complexity index is 393. The first kappa shape index (κ1) is 16.1. The van der Waals surface area contributed by atoms with E-state index < -0.39 is 11.4 Å². The van der Waals surface area contributed by atoms with E-state index in [1.54, 1.807) is 9.80 Å². The number of carboxylic acids is 1. The molecular weight excluding hydrogens is 272 g/mol. The summed E-state index contributed by atoms with van der Waals surface area (Å²) in [5.41, 5.74) is -0.780. The summed E-state index contributed by atoms with van der Waals surface area (Å²) in [4.78, 5) is 27.6. The Kier molecular flexibility index (Phi) is 5.08. The third-order valence-electron chi connectivity index (χ3n) is 5.12. The summed E-state index contributed by atoms with van der Waals surface area (Å²) in [5, 5.41) is 18.6. The number of aliphatic hydroxyl groups excluding tert-OH is 1. The number of hydrogen-bond donors (Lipinski definition) is 2. The van der Waals surface area contributed by atoms with Crippen molar-refractivity contribution in [2.45, 2.75) is 39.0 Å². The molecular formula is C15H26N2O4. The van der Waals surface area contributed by atoms with Crippen molar-refractivity contribution in [1.29, 1.82) is 0 Å². The number of carbonyl (C=O) groups excluding carboxylic acids is 1. The molecule has 0 aliphatic carbocycles. The van der Waals surface area contributed by atoms with E-state index in [0.29, 0.717) is 44.9 Å². The van der Waals surface area contributed by atoms with Crippen molar-refractivity contribution in [1.82, 2.24) is 9.80 Å². The highest BCUT2D eigenvalue weighted by molar-refractivity contribution is 5.79. The third-order valence-corrected chi connectivity index (χ3v) is 5.12. The zero-order valence-corrected chi connectivity index (χ0v) is 12.8. The van der Waals surface area contributed by atoms with Crippen LogP contribution < -0.4 is 0 Å². The summed E-state index contributed by atoms with van der Waals surface area (Å²) in [7, 11) is 0. The van der Waals surface area contributed by atoms with Gasteiger partial charge in [-0.1, -0.05) is 6.92 Å². The maximum Gasteiger partial charge on any atom is 0.320 e. The van der Waals surface area contributed by atoms with Gasteiger partial charge in [-0.15, -0.1) is 0 Å². The van der Waals surface area contributed by atoms with Crippen LogP contribution >= 0.6 is 0 Å². The van der Waals surface area contributed by atoms with Gasteiger partial charge in [0.05, 0.1) is 5.41 Å². The molecule has 120 valence electrons. The number of aliphatic hydroxyl groups is 1. The van der Waals surface area contributed by atoms with Crippen molar-refractivity contribution >= 4 is 12.0 Å². The molecule has 2 heterocycles. The van der Waals surface area contributed by atoms with Crippen molar-refractivity contribution in [3.63, 3.8) is 0 Å². The molecule has 21 heavy (non-hydrogen) atoms. The second kappa shape index (κ2) is 6.64. The van der Waals surface area contributed by atoms with Crippen molar-refractivity contribution in [3.05, 3.63) is 0 Å². The molecule has 0 aromatic rings. The number of amides is 2. The number of hydrogen-bond acceptors (Lipinski definition) is 3. The van der Waals surface area contributed by atoms with Gasteiger partial charge in [0, 0.05) is 32.8 Å². The van der Waals surface area contributed by atoms with Gasteiger partial charge >= 0.3 is 12.0 Å². The Morgan fingerprint density at radius 3 is 2.38 bits per heavy atom. The minimum atomic E-state index is -0.790. The van der Waals surface area contributed by atoms with Gasteiger partial charge in [-0.3, -0.25) is 4.79 Å². The van der Waals surface area contributed by atoms with Crippen molar-refractivity contribution in [2.75, 3.05) is 32.8 Å². The van der Waals surface area contributed by atoms with Gasteiger partial charge in [0.15, 0.2) is 0 Å². The molecule has 2 N–H and O–H groups in total. The van der Waals surface area contributed by atoms with Gasteiger partial charge in [-0.2, -0.15) is 0 Å². The molecule has 0 aromatic heterocycles. The molecule has 2 amide bonds. The fraction of sp³-hybridized carbons (Fsp3) is 0.867. The third kappa shape index (κ3) is 3.31. The van der Waals surface area contributed by atoms with Gasteiger partial charge in [0.1, 0.15) is 0 Å². The first-order valence-electron chi connectivity index (χ1n) is 7.90. The molecule has 6 nitrogen and oxygen atoms in total. The summed E-state index contributed by atoms with van der Waals surface area (Å²) >= 11 is 0. The van der Waals surface area contributed by atoms with Crippen LogP contribution in [0.4, 0.5) is 4.79 Å². The number of rotatable bonds is 3. The Hall–Kier alpha value is -1.30. The highest BCUT2D eigenvalue weighted by Crippen LogP contribution is 2.34. The van der Waals surface area contributed by atoms with Gasteiger partial charge in [-0.25, -0.2) is 4.79 Å². The molecule has 1 atom stereocenters. The fourth-order valence-electron chi connectivity index (χ4n) is 3.42. The van der Waals surface area contributed by atoms with E-state index >= 15 is 0 Å². The molecule has 6 heteroatoms. The van der Waals surface area contributed by atoms with Crippen LogP contribution in [0.2, 0.25) is 0 Å². The maximum atomic E-state index is 12.6. The maximum absolute atomic E-state index is 12.6. The van der Waals surface area contributed by atoms with Crippen LogP contribution in [-0.4, -0.2) is 64.8 Å². The molecule has 0 aromatic carbocycles. The predicted octanol–water partition coefficient (Wildman–Crippen LogP) is 1.39. The summed E-state index contributed by atoms with van der Waals surface area (Å²) in [5.74, 6) is -0.495. The SMILES string of the molecule is CCC1(C(=O)O)CCCN(C(=O)N2CCC(CO)CC2)C1. The van der Waals surface area contributed by atoms with Gasteiger partial charge in [-0.05, 0) is 38.0 Å². The number of nitrogens with zero attached hydrogens (tertiary/aromatic N) is 2. The molecule has 2 aliphatic heterocycles. The number of aliphatic carboxylic acids is 1. The average molecular weight is 298 g/mol. The van der Waals surface area contributed by atoms with Gasteiger partial charge < -0.3 is 20.0 Å². The van der Waals surface area contributed by atoms with Crippen LogP contribution in [0, 0.1) is 11.3 Å². The zero-order valence-electron chi connectivity index (χ0n) is 12.8. The first-order valence-corrected chi connectivity index (χ1v) is 7.90. The second-order valence-electron chi connectivity index (χ2n) is 6.36. The van der Waals surface area contributed by atoms with Crippen LogP contribution in [0.25, 0.3) is 0 Å². The smallest absolute Gasteiger partial charge is 0.320 e. The Morgan fingerprint density at radius 1 is 1.19 bits per heavy atom. The zero-order chi connectivity index (χ0) is 15.5. The quantitative estimate of drug-likeness (QED) is 0.825. The van der Waals surface area contributed by atoms with E-state index in [2.05, 4.69) is 0 Å². The van der Waals surface area contributed by atoms with E-state index in [-0.39, 0.29) is 12.6 Å². The normalized spacial score (nSPS) is 27.7. The highest BCUT2D eigenvalue weighted by Gasteiger charge is 2.43. The Balaban J connectivity index is 1.98. The van der Waals surface area contributed by atoms with E-state index in [0.717, 1.165) is 19.3 Å². The van der Waals surface area contributed by atoms with E-state index in [9.17, 15) is 14.7 Å². The van der Waals surface area contributed by atoms with Crippen molar-refractivity contribution in [2.24, 2.45) is 11.3 Å². The number of urea groups is 1. The summed E-state index contributed by atoms with van der Waals surface area (Å²) in [6.45, 7) is 4.35. The summed E-state index contributed by atoms with van der Waals surface area (Å²) < 4.78 is 0. The standard InChI is InChI=1S/C15H26N2O4/c1-2-15(13(19)20)6-3-7-17(11-15)14(21)16-8-4-12(10-18)5-9-16/h12,18H,2-11H2,1H3,(H,19,20). The molecule has 0 saturated carbocycles. The predicted molar refractivity (Wildman–Crippen MR) is 77.9 cm³/mol. The summed E-state index contributed by atoms with van der Waals surface area (Å²) in [6, 6.07) is -0.0369. The van der Waals surface area contributed by atoms with Crippen LogP contribution in [0.3, 0.4) is 0 Å². The van der Waals surface area contributed by atoms with Crippen LogP contribution in [-0.2, 0) is 4.79 Å². The lowest BCUT2D eigenvalue weighted by atomic mass is 9.78. The molecule has 2 aliphatic rings. The first-order chi connectivity index (χ1) is 10.0. The molecule has 0 bridgehead atoms. The van der Waals surface area contributed by atoms with E-state index in [4.69, 9.17) is 5.11 Å². The molecule has 0 radical (unpaired) electrons. The molecule has 0 spiro atoms. The topological polar surface area (TPSA) is 81.1 Å². The molecule has 2 saturated heterocycles. The van der Waals surface area contributed by atoms with Crippen molar-refractivity contribution in [3.8, 4) is 0 Å². The monoisotopic (exact) mass is 298 g/mol. The average Bonchev–Trinajstić information content (AvgIpc) is 2.54. The molecule has 2 fully saturated rings. The lowest BCUT2D eigenvalue weighted by Gasteiger charge is -2.42. The van der Waals surface area contributed by atoms with Crippen LogP contribution in [0.1, 0.15) is 39.0 Å². The lowest BCUT2D eigenvalue weighted by molar-refractivity contribution is -0.152. The van der Waals surface area contributed by atoms with Crippen LogP contribution in [0.15, 0.2) is 0 Å². The second-order valence-corrected chi connectivity index (χ2v) is 6.36. The van der Waals surface area contributed by atoms with Crippen LogP contribution in [0.5, 0.6) is 0 Å². The Morgan fingerprint density at radius 2 is 1.86 bits per heavy atom. The van der Waals surface area contributed by atoms with Gasteiger partial charge in [0.25, 0.3) is 0 Å². The van der Waals surface area contributed by atoms with E-state index in [1.165, 1.54) is 0 Å². The minimum absolute atomic E-state index is 0.0369.